The van der Waals surface area contributed by atoms with E-state index in [0.717, 1.165) is 33.7 Å². The highest BCUT2D eigenvalue weighted by molar-refractivity contribution is 6.30. The van der Waals surface area contributed by atoms with Gasteiger partial charge in [0.05, 0.1) is 5.70 Å². The van der Waals surface area contributed by atoms with Crippen LogP contribution >= 0.6 is 11.6 Å². The quantitative estimate of drug-likeness (QED) is 0.534. The summed E-state index contributed by atoms with van der Waals surface area (Å²) in [6, 6.07) is 13.1. The van der Waals surface area contributed by atoms with Crippen LogP contribution in [0.2, 0.25) is 5.02 Å². The summed E-state index contributed by atoms with van der Waals surface area (Å²) in [5, 5.41) is 16.3. The molecule has 2 atom stereocenters. The van der Waals surface area contributed by atoms with Crippen molar-refractivity contribution < 1.29 is 4.74 Å². The second kappa shape index (κ2) is 6.64. The topological polar surface area (TPSA) is 90.6 Å². The van der Waals surface area contributed by atoms with Crippen molar-refractivity contribution in [3.05, 3.63) is 94.5 Å². The van der Waals surface area contributed by atoms with Crippen molar-refractivity contribution in [1.82, 2.24) is 30.2 Å². The van der Waals surface area contributed by atoms with E-state index in [1.807, 2.05) is 54.9 Å². The number of hydrogen-bond acceptors (Lipinski definition) is 7. The zero-order valence-corrected chi connectivity index (χ0v) is 16.2. The number of nitrogens with one attached hydrogen (secondary N) is 1. The number of hydrogen-bond donors (Lipinski definition) is 1. The van der Waals surface area contributed by atoms with Crippen LogP contribution in [-0.4, -0.2) is 30.2 Å². The number of halogens is 1. The zero-order valence-electron chi connectivity index (χ0n) is 15.5. The highest BCUT2D eigenvalue weighted by atomic mass is 35.5. The standard InChI is InChI=1S/C21H14ClN7O/c22-14-5-6-16-15(9-14)18-17(20(30-16)13-4-2-8-24-11-13)19(12-3-1-7-23-10-12)29-21(25-18)26-27-28-29/h1-11,19-20H,(H,25,26,28). The van der Waals surface area contributed by atoms with Crippen molar-refractivity contribution in [3.8, 4) is 5.75 Å². The van der Waals surface area contributed by atoms with E-state index in [1.54, 1.807) is 17.1 Å². The third-order valence-electron chi connectivity index (χ3n) is 5.28. The summed E-state index contributed by atoms with van der Waals surface area (Å²) < 4.78 is 8.24. The van der Waals surface area contributed by atoms with Gasteiger partial charge in [0.15, 0.2) is 6.10 Å². The molecule has 0 fully saturated rings. The van der Waals surface area contributed by atoms with Gasteiger partial charge in [0.25, 0.3) is 0 Å². The van der Waals surface area contributed by atoms with E-state index in [9.17, 15) is 0 Å². The highest BCUT2D eigenvalue weighted by Crippen LogP contribution is 2.50. The Kier molecular flexibility index (Phi) is 3.78. The SMILES string of the molecule is Clc1ccc2c(c1)C1=C(C(c3cccnc3)O2)C(c2cccnc2)n2nnnc2N1. The number of ether oxygens (including phenoxy) is 1. The minimum Gasteiger partial charge on any atom is -0.480 e. The molecule has 9 heteroatoms. The molecule has 3 aromatic heterocycles. The molecule has 0 aliphatic carbocycles. The van der Waals surface area contributed by atoms with E-state index in [4.69, 9.17) is 16.3 Å². The number of aromatic nitrogens is 6. The fourth-order valence-corrected chi connectivity index (χ4v) is 4.20. The van der Waals surface area contributed by atoms with Gasteiger partial charge in [0.1, 0.15) is 11.8 Å². The summed E-state index contributed by atoms with van der Waals surface area (Å²) in [7, 11) is 0. The Hall–Kier alpha value is -3.78. The van der Waals surface area contributed by atoms with Crippen molar-refractivity contribution in [2.75, 3.05) is 5.32 Å². The van der Waals surface area contributed by atoms with Crippen molar-refractivity contribution in [3.63, 3.8) is 0 Å². The van der Waals surface area contributed by atoms with Crippen LogP contribution in [0.3, 0.4) is 0 Å². The third kappa shape index (κ3) is 2.57. The Morgan fingerprint density at radius 1 is 1.00 bits per heavy atom. The zero-order chi connectivity index (χ0) is 20.1. The van der Waals surface area contributed by atoms with Crippen LogP contribution in [0.25, 0.3) is 5.70 Å². The molecule has 0 radical (unpaired) electrons. The van der Waals surface area contributed by atoms with E-state index >= 15 is 0 Å². The number of rotatable bonds is 2. The average Bonchev–Trinajstić information content (AvgIpc) is 3.27. The van der Waals surface area contributed by atoms with Gasteiger partial charge in [-0.1, -0.05) is 28.8 Å². The predicted octanol–water partition coefficient (Wildman–Crippen LogP) is 3.68. The van der Waals surface area contributed by atoms with E-state index < -0.39 is 6.10 Å². The first kappa shape index (κ1) is 17.1. The molecule has 1 N–H and O–H groups in total. The Bertz CT molecular complexity index is 1270. The summed E-state index contributed by atoms with van der Waals surface area (Å²) in [6.45, 7) is 0. The van der Waals surface area contributed by atoms with Crippen LogP contribution in [0.5, 0.6) is 5.75 Å². The molecule has 146 valence electrons. The molecule has 4 aromatic rings. The van der Waals surface area contributed by atoms with Gasteiger partial charge in [0.2, 0.25) is 5.95 Å². The maximum atomic E-state index is 6.49. The van der Waals surface area contributed by atoms with Crippen LogP contribution < -0.4 is 10.1 Å². The summed E-state index contributed by atoms with van der Waals surface area (Å²) in [6.07, 6.45) is 6.72. The number of benzene rings is 1. The van der Waals surface area contributed by atoms with Crippen LogP contribution in [-0.2, 0) is 0 Å². The van der Waals surface area contributed by atoms with Crippen LogP contribution in [0, 0.1) is 0 Å². The number of tetrazole rings is 1. The van der Waals surface area contributed by atoms with Gasteiger partial charge in [-0.3, -0.25) is 9.97 Å². The molecule has 0 spiro atoms. The van der Waals surface area contributed by atoms with Crippen LogP contribution in [0.1, 0.15) is 28.8 Å². The lowest BCUT2D eigenvalue weighted by Gasteiger charge is -2.38. The smallest absolute Gasteiger partial charge is 0.248 e. The highest BCUT2D eigenvalue weighted by Gasteiger charge is 2.41. The molecule has 1 aromatic carbocycles. The van der Waals surface area contributed by atoms with Gasteiger partial charge in [-0.2, -0.15) is 4.68 Å². The molecule has 2 aliphatic rings. The van der Waals surface area contributed by atoms with E-state index in [2.05, 4.69) is 30.8 Å². The largest absolute Gasteiger partial charge is 0.480 e. The molecule has 2 unspecified atom stereocenters. The molecule has 6 rings (SSSR count). The van der Waals surface area contributed by atoms with Crippen molar-refractivity contribution in [2.24, 2.45) is 0 Å². The second-order valence-electron chi connectivity index (χ2n) is 7.02. The molecule has 8 nitrogen and oxygen atoms in total. The Labute approximate surface area is 176 Å². The fraction of sp³-hybridized carbons (Fsp3) is 0.0952. The molecule has 5 heterocycles. The predicted molar refractivity (Wildman–Crippen MR) is 110 cm³/mol. The summed E-state index contributed by atoms with van der Waals surface area (Å²) in [5.41, 5.74) is 4.58. The minimum absolute atomic E-state index is 0.308. The maximum absolute atomic E-state index is 6.49. The first-order valence-electron chi connectivity index (χ1n) is 9.35. The van der Waals surface area contributed by atoms with Gasteiger partial charge >= 0.3 is 0 Å². The fourth-order valence-electron chi connectivity index (χ4n) is 4.03. The average molecular weight is 416 g/mol. The summed E-state index contributed by atoms with van der Waals surface area (Å²) >= 11 is 6.32. The number of nitrogens with zero attached hydrogens (tertiary/aromatic N) is 6. The number of pyridine rings is 2. The van der Waals surface area contributed by atoms with E-state index in [-0.39, 0.29) is 6.04 Å². The molecular weight excluding hydrogens is 402 g/mol. The van der Waals surface area contributed by atoms with Gasteiger partial charge in [-0.25, -0.2) is 0 Å². The Morgan fingerprint density at radius 2 is 1.80 bits per heavy atom. The Balaban J connectivity index is 1.65. The molecule has 0 amide bonds. The normalized spacial score (nSPS) is 19.2. The molecule has 30 heavy (non-hydrogen) atoms. The first-order chi connectivity index (χ1) is 14.8. The lowest BCUT2D eigenvalue weighted by atomic mass is 9.85. The Morgan fingerprint density at radius 3 is 2.57 bits per heavy atom. The van der Waals surface area contributed by atoms with Gasteiger partial charge in [-0.15, -0.1) is 0 Å². The molecule has 2 aliphatic heterocycles. The van der Waals surface area contributed by atoms with Gasteiger partial charge in [-0.05, 0) is 46.3 Å². The number of anilines is 1. The lowest BCUT2D eigenvalue weighted by Crippen LogP contribution is -2.32. The van der Waals surface area contributed by atoms with E-state index in [0.29, 0.717) is 11.0 Å². The molecule has 0 saturated carbocycles. The molecule has 0 bridgehead atoms. The van der Waals surface area contributed by atoms with Crippen molar-refractivity contribution in [1.29, 1.82) is 0 Å². The summed E-state index contributed by atoms with van der Waals surface area (Å²) in [5.74, 6) is 1.27. The second-order valence-corrected chi connectivity index (χ2v) is 7.45. The van der Waals surface area contributed by atoms with E-state index in [1.165, 1.54) is 0 Å². The molecule has 0 saturated heterocycles. The number of fused-ring (bicyclic) bond motifs is 3. The third-order valence-corrected chi connectivity index (χ3v) is 5.52. The van der Waals surface area contributed by atoms with Crippen LogP contribution in [0.15, 0.2) is 72.8 Å². The molecular formula is C21H14ClN7O. The minimum atomic E-state index is -0.391. The van der Waals surface area contributed by atoms with Gasteiger partial charge < -0.3 is 10.1 Å². The summed E-state index contributed by atoms with van der Waals surface area (Å²) in [4.78, 5) is 8.61. The monoisotopic (exact) mass is 415 g/mol. The lowest BCUT2D eigenvalue weighted by molar-refractivity contribution is 0.222. The maximum Gasteiger partial charge on any atom is 0.248 e. The van der Waals surface area contributed by atoms with Crippen molar-refractivity contribution in [2.45, 2.75) is 12.1 Å². The van der Waals surface area contributed by atoms with Crippen molar-refractivity contribution >= 4 is 23.2 Å². The van der Waals surface area contributed by atoms with Crippen LogP contribution in [0.4, 0.5) is 5.95 Å². The first-order valence-corrected chi connectivity index (χ1v) is 9.73. The van der Waals surface area contributed by atoms with Gasteiger partial charge in [0, 0.05) is 46.5 Å².